The van der Waals surface area contributed by atoms with Crippen LogP contribution in [-0.4, -0.2) is 34.4 Å². The Morgan fingerprint density at radius 3 is 2.57 bits per heavy atom. The molecule has 2 aromatic rings. The lowest BCUT2D eigenvalue weighted by atomic mass is 10.2. The monoisotopic (exact) mass is 334 g/mol. The van der Waals surface area contributed by atoms with Crippen molar-refractivity contribution in [2.24, 2.45) is 5.73 Å². The van der Waals surface area contributed by atoms with Crippen molar-refractivity contribution in [3.63, 3.8) is 0 Å². The lowest BCUT2D eigenvalue weighted by molar-refractivity contribution is -0.115. The molecule has 4 N–H and O–H groups in total. The number of benzene rings is 1. The summed E-state index contributed by atoms with van der Waals surface area (Å²) < 4.78 is 5.10. The van der Waals surface area contributed by atoms with Crippen molar-refractivity contribution >= 4 is 29.3 Å². The first-order chi connectivity index (χ1) is 10.9. The second-order valence-electron chi connectivity index (χ2n) is 4.86. The van der Waals surface area contributed by atoms with Crippen molar-refractivity contribution in [1.29, 1.82) is 0 Å². The van der Waals surface area contributed by atoms with Gasteiger partial charge in [-0.3, -0.25) is 14.7 Å². The van der Waals surface area contributed by atoms with Crippen LogP contribution in [-0.2, 0) is 4.79 Å². The van der Waals surface area contributed by atoms with Crippen molar-refractivity contribution in [3.8, 4) is 5.75 Å². The second kappa shape index (κ2) is 7.19. The zero-order valence-electron chi connectivity index (χ0n) is 13.0. The highest BCUT2D eigenvalue weighted by atomic mass is 32.2. The van der Waals surface area contributed by atoms with Gasteiger partial charge < -0.3 is 15.8 Å². The lowest BCUT2D eigenvalue weighted by Crippen LogP contribution is -2.24. The molecule has 0 radical (unpaired) electrons. The van der Waals surface area contributed by atoms with Gasteiger partial charge >= 0.3 is 0 Å². The summed E-state index contributed by atoms with van der Waals surface area (Å²) in [7, 11) is 1.60. The van der Waals surface area contributed by atoms with Crippen LogP contribution in [0.1, 0.15) is 23.1 Å². The summed E-state index contributed by atoms with van der Waals surface area (Å²) in [6, 6.07) is 7.42. The summed E-state index contributed by atoms with van der Waals surface area (Å²) in [5, 5.41) is 8.78. The Bertz CT molecular complexity index is 712. The van der Waals surface area contributed by atoms with E-state index in [9.17, 15) is 9.59 Å². The Balaban J connectivity index is 2.05. The number of aryl methyl sites for hydroxylation is 1. The van der Waals surface area contributed by atoms with E-state index in [1.807, 2.05) is 24.3 Å². The van der Waals surface area contributed by atoms with E-state index in [4.69, 9.17) is 10.5 Å². The third-order valence-corrected chi connectivity index (χ3v) is 4.28. The molecule has 0 unspecified atom stereocenters. The van der Waals surface area contributed by atoms with E-state index in [-0.39, 0.29) is 16.9 Å². The van der Waals surface area contributed by atoms with Crippen molar-refractivity contribution < 1.29 is 14.3 Å². The van der Waals surface area contributed by atoms with Crippen LogP contribution in [0.3, 0.4) is 0 Å². The fraction of sp³-hybridized carbons (Fsp3) is 0.267. The maximum atomic E-state index is 12.3. The molecule has 0 aliphatic rings. The van der Waals surface area contributed by atoms with Gasteiger partial charge in [-0.05, 0) is 38.1 Å². The Hall–Kier alpha value is -2.48. The van der Waals surface area contributed by atoms with E-state index < -0.39 is 5.91 Å². The van der Waals surface area contributed by atoms with Crippen molar-refractivity contribution in [2.75, 3.05) is 12.4 Å². The SMILES string of the molecule is COc1ccc(S[C@@H](C)C(=O)Nc2c(C(N)=O)n[nH]c2C)cc1. The number of methoxy groups -OCH3 is 1. The normalized spacial score (nSPS) is 11.8. The highest BCUT2D eigenvalue weighted by Gasteiger charge is 2.21. The number of nitrogens with one attached hydrogen (secondary N) is 2. The third kappa shape index (κ3) is 4.04. The number of aromatic amines is 1. The van der Waals surface area contributed by atoms with E-state index in [0.29, 0.717) is 11.4 Å². The molecule has 8 heteroatoms. The minimum absolute atomic E-state index is 0.0255. The van der Waals surface area contributed by atoms with Crippen molar-refractivity contribution in [3.05, 3.63) is 35.7 Å². The number of ether oxygens (including phenoxy) is 1. The number of nitrogens with zero attached hydrogens (tertiary/aromatic N) is 1. The summed E-state index contributed by atoms with van der Waals surface area (Å²) in [6.07, 6.45) is 0. The molecule has 1 aromatic carbocycles. The molecule has 0 saturated heterocycles. The van der Waals surface area contributed by atoms with Crippen LogP contribution in [0.15, 0.2) is 29.2 Å². The molecule has 0 fully saturated rings. The number of carbonyl (C=O) groups is 2. The lowest BCUT2D eigenvalue weighted by Gasteiger charge is -2.12. The topological polar surface area (TPSA) is 110 Å². The van der Waals surface area contributed by atoms with Gasteiger partial charge in [0.15, 0.2) is 5.69 Å². The summed E-state index contributed by atoms with van der Waals surface area (Å²) in [6.45, 7) is 3.49. The first kappa shape index (κ1) is 16.9. The van der Waals surface area contributed by atoms with Gasteiger partial charge in [-0.15, -0.1) is 11.8 Å². The fourth-order valence-corrected chi connectivity index (χ4v) is 2.76. The number of thioether (sulfide) groups is 1. The van der Waals surface area contributed by atoms with Gasteiger partial charge in [0, 0.05) is 4.90 Å². The molecule has 1 aromatic heterocycles. The number of amides is 2. The maximum Gasteiger partial charge on any atom is 0.271 e. The molecular formula is C15H18N4O3S. The van der Waals surface area contributed by atoms with E-state index in [1.165, 1.54) is 11.8 Å². The van der Waals surface area contributed by atoms with E-state index in [1.54, 1.807) is 21.0 Å². The maximum absolute atomic E-state index is 12.3. The van der Waals surface area contributed by atoms with Crippen LogP contribution in [0.4, 0.5) is 5.69 Å². The second-order valence-corrected chi connectivity index (χ2v) is 6.28. The molecule has 0 aliphatic heterocycles. The van der Waals surface area contributed by atoms with Gasteiger partial charge in [0.05, 0.1) is 23.7 Å². The highest BCUT2D eigenvalue weighted by Crippen LogP contribution is 2.27. The average molecular weight is 334 g/mol. The quantitative estimate of drug-likeness (QED) is 0.699. The van der Waals surface area contributed by atoms with Gasteiger partial charge in [-0.1, -0.05) is 0 Å². The summed E-state index contributed by atoms with van der Waals surface area (Å²) in [5.74, 6) is -0.176. The number of hydrogen-bond acceptors (Lipinski definition) is 5. The number of rotatable bonds is 6. The van der Waals surface area contributed by atoms with Gasteiger partial charge in [0.25, 0.3) is 5.91 Å². The number of hydrogen-bond donors (Lipinski definition) is 3. The minimum atomic E-state index is -0.694. The van der Waals surface area contributed by atoms with Crippen LogP contribution in [0.25, 0.3) is 0 Å². The molecule has 1 atom stereocenters. The van der Waals surface area contributed by atoms with Crippen molar-refractivity contribution in [2.45, 2.75) is 24.0 Å². The highest BCUT2D eigenvalue weighted by molar-refractivity contribution is 8.00. The molecule has 7 nitrogen and oxygen atoms in total. The van der Waals surface area contributed by atoms with Crippen LogP contribution < -0.4 is 15.8 Å². The fourth-order valence-electron chi connectivity index (χ4n) is 1.90. The van der Waals surface area contributed by atoms with Crippen LogP contribution >= 0.6 is 11.8 Å². The van der Waals surface area contributed by atoms with Gasteiger partial charge in [-0.25, -0.2) is 0 Å². The predicted molar refractivity (Wildman–Crippen MR) is 88.8 cm³/mol. The molecule has 0 aliphatic carbocycles. The minimum Gasteiger partial charge on any atom is -0.497 e. The average Bonchev–Trinajstić information content (AvgIpc) is 2.89. The van der Waals surface area contributed by atoms with Gasteiger partial charge in [0.1, 0.15) is 5.75 Å². The Morgan fingerprint density at radius 1 is 1.35 bits per heavy atom. The molecule has 2 rings (SSSR count). The number of H-pyrrole nitrogens is 1. The Kier molecular flexibility index (Phi) is 5.28. The zero-order chi connectivity index (χ0) is 17.0. The van der Waals surface area contributed by atoms with E-state index >= 15 is 0 Å². The number of anilines is 1. The number of aromatic nitrogens is 2. The van der Waals surface area contributed by atoms with E-state index in [0.717, 1.165) is 10.6 Å². The van der Waals surface area contributed by atoms with Gasteiger partial charge in [0.2, 0.25) is 5.91 Å². The summed E-state index contributed by atoms with van der Waals surface area (Å²) in [4.78, 5) is 24.6. The smallest absolute Gasteiger partial charge is 0.271 e. The largest absolute Gasteiger partial charge is 0.497 e. The predicted octanol–water partition coefficient (Wildman–Crippen LogP) is 1.94. The summed E-state index contributed by atoms with van der Waals surface area (Å²) in [5.41, 5.74) is 6.17. The number of nitrogens with two attached hydrogens (primary N) is 1. The number of carbonyl (C=O) groups excluding carboxylic acids is 2. The third-order valence-electron chi connectivity index (χ3n) is 3.17. The molecule has 122 valence electrons. The Labute approximate surface area is 138 Å². The molecule has 23 heavy (non-hydrogen) atoms. The molecule has 1 heterocycles. The molecular weight excluding hydrogens is 316 g/mol. The van der Waals surface area contributed by atoms with E-state index in [2.05, 4.69) is 15.5 Å². The van der Waals surface area contributed by atoms with Crippen LogP contribution in [0.5, 0.6) is 5.75 Å². The first-order valence-corrected chi connectivity index (χ1v) is 7.76. The molecule has 0 spiro atoms. The van der Waals surface area contributed by atoms with Crippen LogP contribution in [0, 0.1) is 6.92 Å². The molecule has 0 saturated carbocycles. The molecule has 0 bridgehead atoms. The van der Waals surface area contributed by atoms with Gasteiger partial charge in [-0.2, -0.15) is 5.10 Å². The zero-order valence-corrected chi connectivity index (χ0v) is 13.9. The number of primary amides is 1. The first-order valence-electron chi connectivity index (χ1n) is 6.88. The Morgan fingerprint density at radius 2 is 2.00 bits per heavy atom. The standard InChI is InChI=1S/C15H18N4O3S/c1-8-12(13(14(16)20)19-18-8)17-15(21)9(2)23-11-6-4-10(22-3)5-7-11/h4-7,9H,1-3H3,(H2,16,20)(H,17,21)(H,18,19)/t9-/m0/s1. The van der Waals surface area contributed by atoms with Crippen LogP contribution in [0.2, 0.25) is 0 Å². The molecule has 2 amide bonds. The van der Waals surface area contributed by atoms with Crippen molar-refractivity contribution in [1.82, 2.24) is 10.2 Å². The summed E-state index contributed by atoms with van der Waals surface area (Å²) >= 11 is 1.40.